The minimum atomic E-state index is -0.0956. The SMILES string of the molecule is C=CCCc1ccc(N=Nc2ccc(N=Nc3ccc4c5c(cccc35)N(CCCCCCCCCC)C(C)(CCCCCCCCCC)N4CCCCCCCCCC)c3ccccc23)cc1. The van der Waals surface area contributed by atoms with Crippen molar-refractivity contribution in [1.29, 1.82) is 0 Å². The maximum Gasteiger partial charge on any atom is 0.110 e. The number of azo groups is 2. The molecule has 1 atom stereocenters. The van der Waals surface area contributed by atoms with Crippen LogP contribution in [0.4, 0.5) is 34.1 Å². The van der Waals surface area contributed by atoms with E-state index in [1.165, 1.54) is 188 Å². The molecule has 0 saturated heterocycles. The lowest BCUT2D eigenvalue weighted by Crippen LogP contribution is -2.62. The lowest BCUT2D eigenvalue weighted by Gasteiger charge is -2.55. The standard InChI is InChI=1S/C62H88N6/c1-6-10-14-17-20-23-26-31-48-62(5)67(49-32-27-24-21-18-15-11-7-2)59-39-34-38-55-58(46-47-60(61(55)59)68(62)50-33-28-25-22-19-16-12-8-3)66-65-57-45-44-56(53-36-29-30-37-54(53)57)64-63-52-42-40-51(41-43-52)35-13-9-4/h9,29-30,34,36-47H,4,6-8,10-28,31-33,35,48-50H2,1-3,5H3. The van der Waals surface area contributed by atoms with Gasteiger partial charge < -0.3 is 9.80 Å². The van der Waals surface area contributed by atoms with Gasteiger partial charge in [0.05, 0.1) is 22.7 Å². The molecule has 6 rings (SSSR count). The van der Waals surface area contributed by atoms with Gasteiger partial charge in [-0.2, -0.15) is 5.11 Å². The Morgan fingerprint density at radius 1 is 0.441 bits per heavy atom. The fraction of sp³-hybridized carbons (Fsp3) is 0.548. The zero-order chi connectivity index (χ0) is 47.7. The Hall–Kier alpha value is -4.84. The second-order valence-electron chi connectivity index (χ2n) is 20.0. The topological polar surface area (TPSA) is 55.9 Å². The first-order valence-corrected chi connectivity index (χ1v) is 27.7. The summed E-state index contributed by atoms with van der Waals surface area (Å²) in [6, 6.07) is 32.3. The fourth-order valence-corrected chi connectivity index (χ4v) is 10.6. The molecule has 0 amide bonds. The van der Waals surface area contributed by atoms with Gasteiger partial charge in [-0.05, 0) is 93.5 Å². The Morgan fingerprint density at radius 2 is 0.868 bits per heavy atom. The summed E-state index contributed by atoms with van der Waals surface area (Å²) in [6.07, 6.45) is 37.2. The summed E-state index contributed by atoms with van der Waals surface area (Å²) >= 11 is 0. The highest BCUT2D eigenvalue weighted by Crippen LogP contribution is 2.50. The summed E-state index contributed by atoms with van der Waals surface area (Å²) in [5.41, 5.74) is 7.33. The molecule has 6 heteroatoms. The van der Waals surface area contributed by atoms with Crippen LogP contribution in [-0.4, -0.2) is 18.8 Å². The predicted molar refractivity (Wildman–Crippen MR) is 297 cm³/mol. The van der Waals surface area contributed by atoms with E-state index in [9.17, 15) is 0 Å². The number of benzene rings is 5. The predicted octanol–water partition coefficient (Wildman–Crippen LogP) is 21.1. The largest absolute Gasteiger partial charge is 0.348 e. The molecule has 68 heavy (non-hydrogen) atoms. The van der Waals surface area contributed by atoms with Crippen molar-refractivity contribution < 1.29 is 0 Å². The number of aryl methyl sites for hydroxylation is 1. The Balaban J connectivity index is 1.29. The van der Waals surface area contributed by atoms with Crippen molar-refractivity contribution in [3.05, 3.63) is 109 Å². The molecule has 1 aliphatic heterocycles. The molecule has 0 saturated carbocycles. The molecule has 0 radical (unpaired) electrons. The number of anilines is 2. The van der Waals surface area contributed by atoms with Gasteiger partial charge in [0.2, 0.25) is 0 Å². The smallest absolute Gasteiger partial charge is 0.110 e. The number of hydrogen-bond acceptors (Lipinski definition) is 6. The Morgan fingerprint density at radius 3 is 1.38 bits per heavy atom. The van der Waals surface area contributed by atoms with Crippen molar-refractivity contribution in [3.8, 4) is 0 Å². The molecule has 0 aliphatic carbocycles. The highest BCUT2D eigenvalue weighted by atomic mass is 15.4. The summed E-state index contributed by atoms with van der Waals surface area (Å²) in [7, 11) is 0. The Bertz CT molecular complexity index is 2260. The highest BCUT2D eigenvalue weighted by Gasteiger charge is 2.42. The van der Waals surface area contributed by atoms with E-state index in [2.05, 4.69) is 116 Å². The second-order valence-corrected chi connectivity index (χ2v) is 20.0. The number of fused-ring (bicyclic) bond motifs is 1. The fourth-order valence-electron chi connectivity index (χ4n) is 10.6. The van der Waals surface area contributed by atoms with Crippen molar-refractivity contribution in [2.45, 2.75) is 207 Å². The first kappa shape index (κ1) is 52.5. The van der Waals surface area contributed by atoms with E-state index >= 15 is 0 Å². The van der Waals surface area contributed by atoms with Crippen molar-refractivity contribution >= 4 is 55.7 Å². The van der Waals surface area contributed by atoms with E-state index < -0.39 is 0 Å². The van der Waals surface area contributed by atoms with Crippen LogP contribution in [0.5, 0.6) is 0 Å². The highest BCUT2D eigenvalue weighted by molar-refractivity contribution is 6.10. The van der Waals surface area contributed by atoms with Gasteiger partial charge in [-0.25, -0.2) is 0 Å². The van der Waals surface area contributed by atoms with Crippen molar-refractivity contribution in [3.63, 3.8) is 0 Å². The molecule has 6 nitrogen and oxygen atoms in total. The van der Waals surface area contributed by atoms with E-state index in [0.717, 1.165) is 59.5 Å². The van der Waals surface area contributed by atoms with Crippen LogP contribution in [0.2, 0.25) is 0 Å². The lowest BCUT2D eigenvalue weighted by atomic mass is 9.90. The Kier molecular flexibility index (Phi) is 22.6. The molecular formula is C62H88N6. The van der Waals surface area contributed by atoms with Crippen LogP contribution in [0.25, 0.3) is 21.5 Å². The molecule has 0 spiro atoms. The molecule has 0 aromatic heterocycles. The molecule has 1 unspecified atom stereocenters. The summed E-state index contributed by atoms with van der Waals surface area (Å²) in [6.45, 7) is 15.6. The maximum atomic E-state index is 5.09. The van der Waals surface area contributed by atoms with E-state index in [1.807, 2.05) is 30.3 Å². The monoisotopic (exact) mass is 917 g/mol. The van der Waals surface area contributed by atoms with Gasteiger partial charge in [-0.15, -0.1) is 21.9 Å². The summed E-state index contributed by atoms with van der Waals surface area (Å²) < 4.78 is 0. The third-order valence-corrected chi connectivity index (χ3v) is 14.7. The first-order chi connectivity index (χ1) is 33.5. The lowest BCUT2D eigenvalue weighted by molar-refractivity contribution is 0.341. The van der Waals surface area contributed by atoms with Crippen LogP contribution in [0, 0.1) is 0 Å². The van der Waals surface area contributed by atoms with Gasteiger partial charge in [-0.1, -0.05) is 210 Å². The van der Waals surface area contributed by atoms with Crippen LogP contribution in [0.15, 0.2) is 124 Å². The molecule has 0 N–H and O–H groups in total. The third-order valence-electron chi connectivity index (χ3n) is 14.7. The molecule has 366 valence electrons. The quantitative estimate of drug-likeness (QED) is 0.0234. The first-order valence-electron chi connectivity index (χ1n) is 27.7. The van der Waals surface area contributed by atoms with Gasteiger partial charge in [0.15, 0.2) is 0 Å². The van der Waals surface area contributed by atoms with E-state index in [4.69, 9.17) is 15.3 Å². The maximum absolute atomic E-state index is 5.09. The van der Waals surface area contributed by atoms with Crippen molar-refractivity contribution in [2.24, 2.45) is 20.5 Å². The molecular weight excluding hydrogens is 829 g/mol. The van der Waals surface area contributed by atoms with Crippen molar-refractivity contribution in [1.82, 2.24) is 0 Å². The third kappa shape index (κ3) is 15.1. The van der Waals surface area contributed by atoms with Crippen LogP contribution >= 0.6 is 0 Å². The van der Waals surface area contributed by atoms with E-state index in [1.54, 1.807) is 0 Å². The molecule has 5 aromatic carbocycles. The minimum Gasteiger partial charge on any atom is -0.348 e. The number of unbranched alkanes of at least 4 members (excludes halogenated alkanes) is 21. The van der Waals surface area contributed by atoms with E-state index in [0.29, 0.717) is 0 Å². The van der Waals surface area contributed by atoms with Gasteiger partial charge in [0, 0.05) is 46.0 Å². The van der Waals surface area contributed by atoms with Gasteiger partial charge >= 0.3 is 0 Å². The van der Waals surface area contributed by atoms with Crippen molar-refractivity contribution in [2.75, 3.05) is 22.9 Å². The van der Waals surface area contributed by atoms with Crippen LogP contribution in [-0.2, 0) is 6.42 Å². The van der Waals surface area contributed by atoms with Gasteiger partial charge in [0.25, 0.3) is 0 Å². The van der Waals surface area contributed by atoms with Crippen LogP contribution < -0.4 is 9.80 Å². The number of allylic oxidation sites excluding steroid dienone is 1. The molecule has 0 fully saturated rings. The summed E-state index contributed by atoms with van der Waals surface area (Å²) in [5, 5.41) is 24.0. The molecule has 5 aromatic rings. The zero-order valence-electron chi connectivity index (χ0n) is 43.1. The number of rotatable bonds is 34. The second kappa shape index (κ2) is 29.2. The number of hydrogen-bond donors (Lipinski definition) is 0. The average Bonchev–Trinajstić information content (AvgIpc) is 3.36. The Labute approximate surface area is 413 Å². The summed E-state index contributed by atoms with van der Waals surface area (Å²) in [4.78, 5) is 5.70. The molecule has 0 bridgehead atoms. The molecule has 1 heterocycles. The minimum absolute atomic E-state index is 0.0956. The summed E-state index contributed by atoms with van der Waals surface area (Å²) in [5.74, 6) is 0. The zero-order valence-corrected chi connectivity index (χ0v) is 43.1. The van der Waals surface area contributed by atoms with Gasteiger partial charge in [-0.3, -0.25) is 0 Å². The molecule has 1 aliphatic rings. The van der Waals surface area contributed by atoms with E-state index in [-0.39, 0.29) is 5.66 Å². The normalized spacial score (nSPS) is 14.9. The number of nitrogens with zero attached hydrogens (tertiary/aromatic N) is 6. The van der Waals surface area contributed by atoms with Crippen LogP contribution in [0.3, 0.4) is 0 Å². The van der Waals surface area contributed by atoms with Crippen LogP contribution in [0.1, 0.15) is 200 Å². The average molecular weight is 917 g/mol. The van der Waals surface area contributed by atoms with Gasteiger partial charge in [0.1, 0.15) is 5.66 Å².